The Bertz CT molecular complexity index is 542. The van der Waals surface area contributed by atoms with Crippen molar-refractivity contribution in [3.05, 3.63) is 24.3 Å². The molecule has 1 unspecified atom stereocenters. The van der Waals surface area contributed by atoms with E-state index in [0.29, 0.717) is 6.54 Å². The summed E-state index contributed by atoms with van der Waals surface area (Å²) in [6, 6.07) is 6.09. The van der Waals surface area contributed by atoms with Crippen LogP contribution in [0.15, 0.2) is 24.3 Å². The molecule has 0 aromatic heterocycles. The molecular formula is C16H22F2N2O3. The number of rotatable bonds is 6. The van der Waals surface area contributed by atoms with Crippen LogP contribution < -0.4 is 10.1 Å². The molecule has 5 nitrogen and oxygen atoms in total. The van der Waals surface area contributed by atoms with Gasteiger partial charge in [-0.1, -0.05) is 19.1 Å². The van der Waals surface area contributed by atoms with Gasteiger partial charge in [-0.05, 0) is 31.5 Å². The standard InChI is InChI=1S/C16H22F2N2O3/c1-16(11-21)7-4-8-20(10-16)9-14(22)19-12-5-2-3-6-13(12)23-15(17)18/h2-3,5-6,15,21H,4,7-11H2,1H3,(H,19,22). The molecular weight excluding hydrogens is 306 g/mol. The number of carbonyl (C=O) groups is 1. The number of anilines is 1. The van der Waals surface area contributed by atoms with Crippen molar-refractivity contribution in [2.24, 2.45) is 5.41 Å². The molecule has 23 heavy (non-hydrogen) atoms. The lowest BCUT2D eigenvalue weighted by molar-refractivity contribution is -0.118. The van der Waals surface area contributed by atoms with E-state index in [1.807, 2.05) is 11.8 Å². The molecule has 0 spiro atoms. The largest absolute Gasteiger partial charge is 0.433 e. The molecule has 0 aliphatic carbocycles. The number of aliphatic hydroxyl groups excluding tert-OH is 1. The number of para-hydroxylation sites is 2. The summed E-state index contributed by atoms with van der Waals surface area (Å²) in [7, 11) is 0. The maximum atomic E-state index is 12.4. The molecule has 1 amide bonds. The average Bonchev–Trinajstić information content (AvgIpc) is 2.49. The Morgan fingerprint density at radius 2 is 2.22 bits per heavy atom. The summed E-state index contributed by atoms with van der Waals surface area (Å²) in [6.45, 7) is 0.683. The number of amides is 1. The molecule has 0 saturated carbocycles. The van der Waals surface area contributed by atoms with Crippen molar-refractivity contribution in [3.63, 3.8) is 0 Å². The van der Waals surface area contributed by atoms with Gasteiger partial charge in [0.15, 0.2) is 0 Å². The van der Waals surface area contributed by atoms with E-state index in [-0.39, 0.29) is 35.9 Å². The van der Waals surface area contributed by atoms with Gasteiger partial charge in [-0.3, -0.25) is 9.69 Å². The topological polar surface area (TPSA) is 61.8 Å². The Morgan fingerprint density at radius 1 is 1.48 bits per heavy atom. The van der Waals surface area contributed by atoms with Crippen LogP contribution in [-0.4, -0.2) is 48.8 Å². The number of piperidine rings is 1. The van der Waals surface area contributed by atoms with Gasteiger partial charge in [-0.2, -0.15) is 8.78 Å². The van der Waals surface area contributed by atoms with Gasteiger partial charge in [0.25, 0.3) is 0 Å². The first-order valence-electron chi connectivity index (χ1n) is 7.59. The number of benzene rings is 1. The van der Waals surface area contributed by atoms with Crippen LogP contribution in [0.2, 0.25) is 0 Å². The van der Waals surface area contributed by atoms with Gasteiger partial charge < -0.3 is 15.2 Å². The fourth-order valence-electron chi connectivity index (χ4n) is 2.85. The van der Waals surface area contributed by atoms with Crippen LogP contribution in [0.3, 0.4) is 0 Å². The van der Waals surface area contributed by atoms with E-state index >= 15 is 0 Å². The first-order valence-corrected chi connectivity index (χ1v) is 7.59. The van der Waals surface area contributed by atoms with Gasteiger partial charge >= 0.3 is 6.61 Å². The Hall–Kier alpha value is -1.73. The second-order valence-electron chi connectivity index (χ2n) is 6.21. The summed E-state index contributed by atoms with van der Waals surface area (Å²) in [5, 5.41) is 12.1. The Kier molecular flexibility index (Phi) is 5.90. The highest BCUT2D eigenvalue weighted by Gasteiger charge is 2.31. The molecule has 1 aromatic carbocycles. The molecule has 1 saturated heterocycles. The van der Waals surface area contributed by atoms with Crippen molar-refractivity contribution in [1.29, 1.82) is 0 Å². The Balaban J connectivity index is 1.95. The van der Waals surface area contributed by atoms with Crippen LogP contribution in [-0.2, 0) is 4.79 Å². The lowest BCUT2D eigenvalue weighted by Crippen LogP contribution is -2.46. The summed E-state index contributed by atoms with van der Waals surface area (Å²) in [6.07, 6.45) is 1.84. The number of alkyl halides is 2. The van der Waals surface area contributed by atoms with Crippen molar-refractivity contribution in [2.45, 2.75) is 26.4 Å². The number of likely N-dealkylation sites (tertiary alicyclic amines) is 1. The van der Waals surface area contributed by atoms with Crippen molar-refractivity contribution < 1.29 is 23.4 Å². The second-order valence-corrected chi connectivity index (χ2v) is 6.21. The zero-order chi connectivity index (χ0) is 16.9. The summed E-state index contributed by atoms with van der Waals surface area (Å²) >= 11 is 0. The molecule has 1 atom stereocenters. The molecule has 0 radical (unpaired) electrons. The molecule has 0 bridgehead atoms. The lowest BCUT2D eigenvalue weighted by atomic mass is 9.83. The Labute approximate surface area is 134 Å². The minimum atomic E-state index is -2.94. The monoisotopic (exact) mass is 328 g/mol. The third-order valence-corrected chi connectivity index (χ3v) is 3.99. The number of aliphatic hydroxyl groups is 1. The predicted octanol–water partition coefficient (Wildman–Crippen LogP) is 2.32. The van der Waals surface area contributed by atoms with Gasteiger partial charge in [0.05, 0.1) is 12.2 Å². The van der Waals surface area contributed by atoms with Crippen molar-refractivity contribution in [3.8, 4) is 5.75 Å². The number of hydrogen-bond acceptors (Lipinski definition) is 4. The molecule has 2 N–H and O–H groups in total. The fourth-order valence-corrected chi connectivity index (χ4v) is 2.85. The van der Waals surface area contributed by atoms with Crippen LogP contribution >= 0.6 is 0 Å². The van der Waals surface area contributed by atoms with Gasteiger partial charge in [0, 0.05) is 18.6 Å². The van der Waals surface area contributed by atoms with Crippen LogP contribution in [0.4, 0.5) is 14.5 Å². The third kappa shape index (κ3) is 5.14. The van der Waals surface area contributed by atoms with Crippen molar-refractivity contribution in [1.82, 2.24) is 4.90 Å². The van der Waals surface area contributed by atoms with E-state index in [4.69, 9.17) is 0 Å². The maximum absolute atomic E-state index is 12.4. The molecule has 1 aromatic rings. The van der Waals surface area contributed by atoms with Crippen LogP contribution in [0.5, 0.6) is 5.75 Å². The molecule has 2 rings (SSSR count). The number of ether oxygens (including phenoxy) is 1. The number of hydrogen-bond donors (Lipinski definition) is 2. The zero-order valence-electron chi connectivity index (χ0n) is 13.1. The first kappa shape index (κ1) is 17.6. The van der Waals surface area contributed by atoms with E-state index in [9.17, 15) is 18.7 Å². The molecule has 128 valence electrons. The Morgan fingerprint density at radius 3 is 2.91 bits per heavy atom. The number of carbonyl (C=O) groups excluding carboxylic acids is 1. The smallest absolute Gasteiger partial charge is 0.387 e. The van der Waals surface area contributed by atoms with Gasteiger partial charge in [0.1, 0.15) is 5.75 Å². The van der Waals surface area contributed by atoms with Gasteiger partial charge in [-0.25, -0.2) is 0 Å². The van der Waals surface area contributed by atoms with Gasteiger partial charge in [0.2, 0.25) is 5.91 Å². The van der Waals surface area contributed by atoms with Crippen LogP contribution in [0.1, 0.15) is 19.8 Å². The molecule has 1 heterocycles. The minimum Gasteiger partial charge on any atom is -0.433 e. The second kappa shape index (κ2) is 7.70. The first-order chi connectivity index (χ1) is 10.9. The maximum Gasteiger partial charge on any atom is 0.387 e. The van der Waals surface area contributed by atoms with Crippen LogP contribution in [0.25, 0.3) is 0 Å². The van der Waals surface area contributed by atoms with E-state index in [2.05, 4.69) is 10.1 Å². The van der Waals surface area contributed by atoms with Crippen molar-refractivity contribution in [2.75, 3.05) is 31.6 Å². The molecule has 7 heteroatoms. The van der Waals surface area contributed by atoms with E-state index in [1.165, 1.54) is 12.1 Å². The van der Waals surface area contributed by atoms with E-state index in [1.54, 1.807) is 12.1 Å². The summed E-state index contributed by atoms with van der Waals surface area (Å²) < 4.78 is 29.1. The SMILES string of the molecule is CC1(CO)CCCN(CC(=O)Nc2ccccc2OC(F)F)C1. The number of nitrogens with one attached hydrogen (secondary N) is 1. The highest BCUT2D eigenvalue weighted by Crippen LogP contribution is 2.29. The minimum absolute atomic E-state index is 0.0605. The predicted molar refractivity (Wildman–Crippen MR) is 82.6 cm³/mol. The number of halogens is 2. The summed E-state index contributed by atoms with van der Waals surface area (Å²) in [5.74, 6) is -0.354. The normalized spacial score (nSPS) is 22.1. The third-order valence-electron chi connectivity index (χ3n) is 3.99. The highest BCUT2D eigenvalue weighted by atomic mass is 19.3. The zero-order valence-corrected chi connectivity index (χ0v) is 13.1. The average molecular weight is 328 g/mol. The summed E-state index contributed by atoms with van der Waals surface area (Å²) in [5.41, 5.74) is 0.0228. The van der Waals surface area contributed by atoms with Crippen LogP contribution in [0, 0.1) is 5.41 Å². The quantitative estimate of drug-likeness (QED) is 0.841. The lowest BCUT2D eigenvalue weighted by Gasteiger charge is -2.38. The number of nitrogens with zero attached hydrogens (tertiary/aromatic N) is 1. The highest BCUT2D eigenvalue weighted by molar-refractivity contribution is 5.93. The molecule has 1 aliphatic rings. The van der Waals surface area contributed by atoms with E-state index in [0.717, 1.165) is 19.4 Å². The fraction of sp³-hybridized carbons (Fsp3) is 0.562. The molecule has 1 aliphatic heterocycles. The van der Waals surface area contributed by atoms with E-state index < -0.39 is 6.61 Å². The van der Waals surface area contributed by atoms with Crippen molar-refractivity contribution >= 4 is 11.6 Å². The summed E-state index contributed by atoms with van der Waals surface area (Å²) in [4.78, 5) is 14.1. The molecule has 1 fully saturated rings. The van der Waals surface area contributed by atoms with Gasteiger partial charge in [-0.15, -0.1) is 0 Å².